The highest BCUT2D eigenvalue weighted by atomic mass is 35.5. The molecule has 1 aromatic heterocycles. The van der Waals surface area contributed by atoms with E-state index in [0.29, 0.717) is 5.69 Å². The number of halogens is 1. The number of benzene rings is 1. The summed E-state index contributed by atoms with van der Waals surface area (Å²) in [5.74, 6) is -1.45. The molecule has 2 rings (SSSR count). The summed E-state index contributed by atoms with van der Waals surface area (Å²) in [7, 11) is 0. The van der Waals surface area contributed by atoms with Crippen molar-refractivity contribution in [2.24, 2.45) is 0 Å². The zero-order valence-electron chi connectivity index (χ0n) is 10.6. The Kier molecular flexibility index (Phi) is 3.72. The van der Waals surface area contributed by atoms with E-state index in [1.807, 2.05) is 0 Å². The van der Waals surface area contributed by atoms with Crippen LogP contribution in [0.2, 0.25) is 5.02 Å². The van der Waals surface area contributed by atoms with Crippen LogP contribution in [0.4, 0.5) is 5.69 Å². The van der Waals surface area contributed by atoms with Crippen LogP contribution in [-0.2, 0) is 0 Å². The van der Waals surface area contributed by atoms with Crippen molar-refractivity contribution in [3.05, 3.63) is 61.0 Å². The number of aryl methyl sites for hydroxylation is 1. The molecule has 0 bridgehead atoms. The molecule has 9 heteroatoms. The van der Waals surface area contributed by atoms with Crippen LogP contribution < -0.4 is 5.43 Å². The van der Waals surface area contributed by atoms with Gasteiger partial charge in [0.05, 0.1) is 10.6 Å². The zero-order valence-corrected chi connectivity index (χ0v) is 11.4. The number of carboxylic acids is 1. The van der Waals surface area contributed by atoms with E-state index in [4.69, 9.17) is 16.7 Å². The molecule has 0 aliphatic carbocycles. The minimum Gasteiger partial charge on any atom is -0.476 e. The minimum absolute atomic E-state index is 0.118. The lowest BCUT2D eigenvalue weighted by Gasteiger charge is -2.08. The second kappa shape index (κ2) is 5.33. The van der Waals surface area contributed by atoms with E-state index >= 15 is 0 Å². The Bertz CT molecular complexity index is 815. The van der Waals surface area contributed by atoms with Gasteiger partial charge in [-0.15, -0.1) is 0 Å². The molecule has 0 amide bonds. The molecule has 0 radical (unpaired) electrons. The van der Waals surface area contributed by atoms with Crippen molar-refractivity contribution in [3.8, 4) is 5.69 Å². The quantitative estimate of drug-likeness (QED) is 0.682. The number of hydrogen-bond donors (Lipinski definition) is 1. The number of nitro benzene ring substituents is 1. The van der Waals surface area contributed by atoms with Crippen molar-refractivity contribution in [2.75, 3.05) is 0 Å². The molecule has 2 aromatic rings. The van der Waals surface area contributed by atoms with E-state index in [2.05, 4.69) is 5.10 Å². The number of aromatic nitrogens is 2. The van der Waals surface area contributed by atoms with Crippen LogP contribution in [0.5, 0.6) is 0 Å². The minimum atomic E-state index is -1.45. The van der Waals surface area contributed by atoms with E-state index in [0.717, 1.165) is 4.68 Å². The summed E-state index contributed by atoms with van der Waals surface area (Å²) < 4.78 is 1.13. The van der Waals surface area contributed by atoms with Gasteiger partial charge in [0, 0.05) is 17.8 Å². The molecule has 0 spiro atoms. The molecular formula is C12H8ClN3O5. The maximum atomic E-state index is 11.6. The van der Waals surface area contributed by atoms with E-state index in [-0.39, 0.29) is 16.3 Å². The standard InChI is InChI=1S/C12H8ClN3O5/c1-6-5-15(14-10(11(6)17)12(18)19)7-2-3-9(16(20)21)8(13)4-7/h2-5H,1H3,(H,18,19). The van der Waals surface area contributed by atoms with Crippen LogP contribution >= 0.6 is 11.6 Å². The number of nitro groups is 1. The molecule has 1 aromatic carbocycles. The molecule has 0 aliphatic heterocycles. The fourth-order valence-electron chi connectivity index (χ4n) is 1.67. The van der Waals surface area contributed by atoms with Crippen LogP contribution in [0.15, 0.2) is 29.2 Å². The predicted molar refractivity (Wildman–Crippen MR) is 73.2 cm³/mol. The number of hydrogen-bond acceptors (Lipinski definition) is 5. The molecule has 1 N–H and O–H groups in total. The summed E-state index contributed by atoms with van der Waals surface area (Å²) in [4.78, 5) is 32.7. The third kappa shape index (κ3) is 2.75. The zero-order chi connectivity index (χ0) is 15.7. The summed E-state index contributed by atoms with van der Waals surface area (Å²) in [6, 6.07) is 3.79. The third-order valence-electron chi connectivity index (χ3n) is 2.69. The van der Waals surface area contributed by atoms with Gasteiger partial charge in [0.25, 0.3) is 5.69 Å². The normalized spacial score (nSPS) is 10.4. The van der Waals surface area contributed by atoms with Gasteiger partial charge in [0.2, 0.25) is 11.1 Å². The van der Waals surface area contributed by atoms with Crippen LogP contribution in [-0.4, -0.2) is 25.8 Å². The summed E-state index contributed by atoms with van der Waals surface area (Å²) in [6.07, 6.45) is 1.33. The van der Waals surface area contributed by atoms with Crippen molar-refractivity contribution in [2.45, 2.75) is 6.92 Å². The van der Waals surface area contributed by atoms with Crippen LogP contribution in [0.1, 0.15) is 16.1 Å². The molecule has 0 aliphatic rings. The second-order valence-electron chi connectivity index (χ2n) is 4.13. The average Bonchev–Trinajstić information content (AvgIpc) is 2.40. The molecule has 108 valence electrons. The SMILES string of the molecule is Cc1cn(-c2ccc([N+](=O)[O-])c(Cl)c2)nc(C(=O)O)c1=O. The summed E-state index contributed by atoms with van der Waals surface area (Å²) >= 11 is 5.79. The fraction of sp³-hybridized carbons (Fsp3) is 0.0833. The molecule has 0 saturated heterocycles. The maximum absolute atomic E-state index is 11.6. The average molecular weight is 310 g/mol. The third-order valence-corrected chi connectivity index (χ3v) is 2.99. The summed E-state index contributed by atoms with van der Waals surface area (Å²) in [6.45, 7) is 1.44. The molecule has 21 heavy (non-hydrogen) atoms. The molecule has 8 nitrogen and oxygen atoms in total. The molecule has 0 saturated carbocycles. The Morgan fingerprint density at radius 1 is 1.48 bits per heavy atom. The van der Waals surface area contributed by atoms with Crippen LogP contribution in [0, 0.1) is 17.0 Å². The Morgan fingerprint density at radius 3 is 2.67 bits per heavy atom. The first-order chi connectivity index (χ1) is 9.81. The van der Waals surface area contributed by atoms with E-state index < -0.39 is 22.0 Å². The van der Waals surface area contributed by atoms with E-state index in [9.17, 15) is 19.7 Å². The van der Waals surface area contributed by atoms with Crippen molar-refractivity contribution >= 4 is 23.3 Å². The Hall–Kier alpha value is -2.74. The van der Waals surface area contributed by atoms with Crippen molar-refractivity contribution < 1.29 is 14.8 Å². The maximum Gasteiger partial charge on any atom is 0.360 e. The van der Waals surface area contributed by atoms with E-state index in [1.165, 1.54) is 31.3 Å². The number of carbonyl (C=O) groups is 1. The van der Waals surface area contributed by atoms with Crippen LogP contribution in [0.25, 0.3) is 5.69 Å². The summed E-state index contributed by atoms with van der Waals surface area (Å²) in [5, 5.41) is 23.2. The first-order valence-electron chi connectivity index (χ1n) is 5.59. The molecule has 0 atom stereocenters. The lowest BCUT2D eigenvalue weighted by atomic mass is 10.2. The van der Waals surface area contributed by atoms with Gasteiger partial charge < -0.3 is 5.11 Å². The van der Waals surface area contributed by atoms with Gasteiger partial charge in [0.1, 0.15) is 5.02 Å². The highest BCUT2D eigenvalue weighted by Crippen LogP contribution is 2.26. The van der Waals surface area contributed by atoms with Gasteiger partial charge >= 0.3 is 5.97 Å². The van der Waals surface area contributed by atoms with Crippen molar-refractivity contribution in [3.63, 3.8) is 0 Å². The van der Waals surface area contributed by atoms with E-state index in [1.54, 1.807) is 0 Å². The van der Waals surface area contributed by atoms with Gasteiger partial charge in [0.15, 0.2) is 0 Å². The fourth-order valence-corrected chi connectivity index (χ4v) is 1.91. The Morgan fingerprint density at radius 2 is 2.14 bits per heavy atom. The topological polar surface area (TPSA) is 115 Å². The van der Waals surface area contributed by atoms with Crippen molar-refractivity contribution in [1.82, 2.24) is 9.78 Å². The highest BCUT2D eigenvalue weighted by Gasteiger charge is 2.16. The number of aromatic carboxylic acids is 1. The Labute approximate surface area is 122 Å². The monoisotopic (exact) mass is 309 g/mol. The molecular weight excluding hydrogens is 302 g/mol. The lowest BCUT2D eigenvalue weighted by Crippen LogP contribution is -2.23. The highest BCUT2D eigenvalue weighted by molar-refractivity contribution is 6.32. The second-order valence-corrected chi connectivity index (χ2v) is 4.54. The molecule has 0 fully saturated rings. The first-order valence-corrected chi connectivity index (χ1v) is 5.97. The van der Waals surface area contributed by atoms with Gasteiger partial charge in [-0.2, -0.15) is 5.10 Å². The largest absolute Gasteiger partial charge is 0.476 e. The van der Waals surface area contributed by atoms with Crippen molar-refractivity contribution in [1.29, 1.82) is 0 Å². The number of nitrogens with zero attached hydrogens (tertiary/aromatic N) is 3. The predicted octanol–water partition coefficient (Wildman–Crippen LogP) is 1.80. The summed E-state index contributed by atoms with van der Waals surface area (Å²) in [5.41, 5.74) is -1.12. The van der Waals surface area contributed by atoms with Gasteiger partial charge in [-0.05, 0) is 19.1 Å². The number of carboxylic acid groups (broad SMARTS) is 1. The van der Waals surface area contributed by atoms with Crippen LogP contribution in [0.3, 0.4) is 0 Å². The van der Waals surface area contributed by atoms with Gasteiger partial charge in [-0.1, -0.05) is 11.6 Å². The number of rotatable bonds is 3. The smallest absolute Gasteiger partial charge is 0.360 e. The lowest BCUT2D eigenvalue weighted by molar-refractivity contribution is -0.384. The van der Waals surface area contributed by atoms with Gasteiger partial charge in [-0.25, -0.2) is 9.48 Å². The van der Waals surface area contributed by atoms with Gasteiger partial charge in [-0.3, -0.25) is 14.9 Å². The molecule has 1 heterocycles. The Balaban J connectivity index is 2.62. The first kappa shape index (κ1) is 14.7. The molecule has 0 unspecified atom stereocenters.